The van der Waals surface area contributed by atoms with Crippen molar-refractivity contribution in [2.24, 2.45) is 11.1 Å². The molecule has 0 atom stereocenters. The molecule has 5 nitrogen and oxygen atoms in total. The van der Waals surface area contributed by atoms with E-state index in [0.29, 0.717) is 18.2 Å². The first-order chi connectivity index (χ1) is 15.5. The molecule has 0 unspecified atom stereocenters. The second kappa shape index (κ2) is 9.22. The summed E-state index contributed by atoms with van der Waals surface area (Å²) in [6.45, 7) is 4.39. The van der Waals surface area contributed by atoms with Crippen LogP contribution < -0.4 is 11.1 Å². The van der Waals surface area contributed by atoms with Crippen molar-refractivity contribution in [2.75, 3.05) is 12.4 Å². The molecule has 1 saturated carbocycles. The van der Waals surface area contributed by atoms with E-state index in [-0.39, 0.29) is 5.41 Å². The highest BCUT2D eigenvalue weighted by Gasteiger charge is 2.38. The standard InChI is InChI=1S/C26H32N2O2.CH5N/c1-26(2)14-23-25(24(30)15-26)20-9-6-10-22(20)28(23)19-12-11-17(16-29)21(13-19)27-18-7-4-3-5-8-18;1-2/h11-13,16,18,27H,3-10,14-15H2,1-2H3;2H2,1H3. The quantitative estimate of drug-likeness (QED) is 0.643. The van der Waals surface area contributed by atoms with Crippen LogP contribution >= 0.6 is 0 Å². The van der Waals surface area contributed by atoms with Gasteiger partial charge < -0.3 is 15.6 Å². The number of anilines is 1. The molecule has 5 heteroatoms. The maximum atomic E-state index is 13.1. The van der Waals surface area contributed by atoms with Gasteiger partial charge in [0, 0.05) is 46.4 Å². The van der Waals surface area contributed by atoms with Gasteiger partial charge in [-0.05, 0) is 74.8 Å². The van der Waals surface area contributed by atoms with Gasteiger partial charge in [-0.15, -0.1) is 0 Å². The fourth-order valence-electron chi connectivity index (χ4n) is 5.92. The zero-order chi connectivity index (χ0) is 22.9. The molecule has 0 radical (unpaired) electrons. The van der Waals surface area contributed by atoms with Crippen molar-refractivity contribution < 1.29 is 9.59 Å². The summed E-state index contributed by atoms with van der Waals surface area (Å²) in [5.41, 5.74) is 12.0. The number of rotatable bonds is 4. The molecule has 0 aliphatic heterocycles. The lowest BCUT2D eigenvalue weighted by molar-refractivity contribution is 0.0909. The zero-order valence-electron chi connectivity index (χ0n) is 19.8. The Labute approximate surface area is 191 Å². The van der Waals surface area contributed by atoms with Gasteiger partial charge in [-0.2, -0.15) is 0 Å². The SMILES string of the molecule is CC1(C)CC(=O)c2c3c(n(-c4ccc(C=O)c(NC5CCCCC5)c4)c2C1)CCC3.CN. The predicted octanol–water partition coefficient (Wildman–Crippen LogP) is 5.25. The maximum Gasteiger partial charge on any atom is 0.165 e. The Kier molecular flexibility index (Phi) is 6.57. The second-order valence-corrected chi connectivity index (χ2v) is 10.2. The minimum Gasteiger partial charge on any atom is -0.382 e. The van der Waals surface area contributed by atoms with Crippen LogP contribution in [0.3, 0.4) is 0 Å². The van der Waals surface area contributed by atoms with E-state index in [2.05, 4.69) is 41.6 Å². The number of aromatic nitrogens is 1. The third-order valence-corrected chi connectivity index (χ3v) is 7.27. The number of hydrogen-bond donors (Lipinski definition) is 2. The zero-order valence-corrected chi connectivity index (χ0v) is 19.8. The monoisotopic (exact) mass is 435 g/mol. The summed E-state index contributed by atoms with van der Waals surface area (Å²) in [5, 5.41) is 3.66. The third kappa shape index (κ3) is 4.15. The van der Waals surface area contributed by atoms with Gasteiger partial charge in [0.25, 0.3) is 0 Å². The number of carbonyl (C=O) groups excluding carboxylic acids is 2. The minimum absolute atomic E-state index is 0.0140. The van der Waals surface area contributed by atoms with Crippen LogP contribution in [-0.4, -0.2) is 29.7 Å². The Morgan fingerprint density at radius 1 is 1.03 bits per heavy atom. The van der Waals surface area contributed by atoms with Crippen molar-refractivity contribution in [3.63, 3.8) is 0 Å². The molecule has 3 aliphatic carbocycles. The van der Waals surface area contributed by atoms with Crippen LogP contribution in [0.15, 0.2) is 18.2 Å². The van der Waals surface area contributed by atoms with Crippen LogP contribution in [0.2, 0.25) is 0 Å². The Morgan fingerprint density at radius 2 is 1.78 bits per heavy atom. The largest absolute Gasteiger partial charge is 0.382 e. The number of fused-ring (bicyclic) bond motifs is 3. The molecule has 1 aromatic carbocycles. The number of nitrogens with two attached hydrogens (primary N) is 1. The van der Waals surface area contributed by atoms with Crippen molar-refractivity contribution in [1.82, 2.24) is 4.57 Å². The molecular formula is C27H37N3O2. The lowest BCUT2D eigenvalue weighted by atomic mass is 9.75. The van der Waals surface area contributed by atoms with E-state index >= 15 is 0 Å². The summed E-state index contributed by atoms with van der Waals surface area (Å²) in [6, 6.07) is 6.58. The Hall–Kier alpha value is -2.40. The molecule has 3 N–H and O–H groups in total. The molecule has 3 aliphatic rings. The number of nitrogens with one attached hydrogen (secondary N) is 1. The molecule has 1 fully saturated rings. The van der Waals surface area contributed by atoms with Crippen LogP contribution in [0.5, 0.6) is 0 Å². The molecule has 2 aromatic rings. The van der Waals surface area contributed by atoms with E-state index in [1.54, 1.807) is 0 Å². The van der Waals surface area contributed by atoms with E-state index in [1.807, 2.05) is 6.07 Å². The number of Topliss-reactive ketones (excluding diaryl/α,β-unsaturated/α-hetero) is 1. The highest BCUT2D eigenvalue weighted by Crippen LogP contribution is 2.43. The molecule has 1 heterocycles. The summed E-state index contributed by atoms with van der Waals surface area (Å²) in [4.78, 5) is 24.8. The number of carbonyl (C=O) groups is 2. The highest BCUT2D eigenvalue weighted by atomic mass is 16.1. The molecule has 0 amide bonds. The number of benzene rings is 1. The summed E-state index contributed by atoms with van der Waals surface area (Å²) in [7, 11) is 1.50. The van der Waals surface area contributed by atoms with E-state index < -0.39 is 0 Å². The van der Waals surface area contributed by atoms with Crippen LogP contribution in [0.25, 0.3) is 5.69 Å². The van der Waals surface area contributed by atoms with E-state index in [4.69, 9.17) is 0 Å². The molecule has 1 aromatic heterocycles. The molecule has 172 valence electrons. The number of ketones is 1. The lowest BCUT2D eigenvalue weighted by Gasteiger charge is -2.30. The average molecular weight is 436 g/mol. The molecule has 32 heavy (non-hydrogen) atoms. The van der Waals surface area contributed by atoms with Crippen LogP contribution in [0.4, 0.5) is 5.69 Å². The van der Waals surface area contributed by atoms with Gasteiger partial charge in [0.15, 0.2) is 12.1 Å². The van der Waals surface area contributed by atoms with Gasteiger partial charge in [0.1, 0.15) is 0 Å². The Bertz CT molecular complexity index is 1010. The molecule has 0 spiro atoms. The molecular weight excluding hydrogens is 398 g/mol. The maximum absolute atomic E-state index is 13.1. The number of aldehydes is 1. The molecule has 0 bridgehead atoms. The summed E-state index contributed by atoms with van der Waals surface area (Å²) >= 11 is 0. The molecule has 0 saturated heterocycles. The van der Waals surface area contributed by atoms with Crippen molar-refractivity contribution in [2.45, 2.75) is 84.1 Å². The fourth-order valence-corrected chi connectivity index (χ4v) is 5.92. The first-order valence-electron chi connectivity index (χ1n) is 12.2. The average Bonchev–Trinajstić information content (AvgIpc) is 3.35. The van der Waals surface area contributed by atoms with Gasteiger partial charge in [-0.3, -0.25) is 9.59 Å². The van der Waals surface area contributed by atoms with Gasteiger partial charge >= 0.3 is 0 Å². The predicted molar refractivity (Wildman–Crippen MR) is 130 cm³/mol. The van der Waals surface area contributed by atoms with E-state index in [1.165, 1.54) is 56.1 Å². The van der Waals surface area contributed by atoms with E-state index in [0.717, 1.165) is 54.5 Å². The topological polar surface area (TPSA) is 77.1 Å². The lowest BCUT2D eigenvalue weighted by Crippen LogP contribution is -2.28. The van der Waals surface area contributed by atoms with Crippen LogP contribution in [0, 0.1) is 5.41 Å². The normalized spacial score (nSPS) is 19.6. The Balaban J connectivity index is 0.00000119. The van der Waals surface area contributed by atoms with Gasteiger partial charge in [0.05, 0.1) is 0 Å². The van der Waals surface area contributed by atoms with E-state index in [9.17, 15) is 9.59 Å². The van der Waals surface area contributed by atoms with Gasteiger partial charge in [0.2, 0.25) is 0 Å². The number of nitrogens with zero attached hydrogens (tertiary/aromatic N) is 1. The highest BCUT2D eigenvalue weighted by molar-refractivity contribution is 6.01. The summed E-state index contributed by atoms with van der Waals surface area (Å²) in [6.07, 6.45) is 11.8. The summed E-state index contributed by atoms with van der Waals surface area (Å²) < 4.78 is 2.36. The fraction of sp³-hybridized carbons (Fsp3) is 0.556. The van der Waals surface area contributed by atoms with Crippen LogP contribution in [-0.2, 0) is 19.3 Å². The van der Waals surface area contributed by atoms with Crippen molar-refractivity contribution >= 4 is 17.8 Å². The van der Waals surface area contributed by atoms with Crippen molar-refractivity contribution in [1.29, 1.82) is 0 Å². The molecule has 5 rings (SSSR count). The van der Waals surface area contributed by atoms with Gasteiger partial charge in [-0.25, -0.2) is 0 Å². The number of hydrogen-bond acceptors (Lipinski definition) is 4. The first kappa shape index (κ1) is 22.8. The summed E-state index contributed by atoms with van der Waals surface area (Å²) in [5.74, 6) is 0.309. The minimum atomic E-state index is -0.0140. The first-order valence-corrected chi connectivity index (χ1v) is 12.2. The van der Waals surface area contributed by atoms with Crippen molar-refractivity contribution in [3.8, 4) is 5.69 Å². The Morgan fingerprint density at radius 3 is 2.50 bits per heavy atom. The second-order valence-electron chi connectivity index (χ2n) is 10.2. The van der Waals surface area contributed by atoms with Gasteiger partial charge in [-0.1, -0.05) is 33.1 Å². The third-order valence-electron chi connectivity index (χ3n) is 7.27. The smallest absolute Gasteiger partial charge is 0.165 e. The van der Waals surface area contributed by atoms with Crippen molar-refractivity contribution in [3.05, 3.63) is 46.3 Å². The van der Waals surface area contributed by atoms with Crippen LogP contribution in [0.1, 0.15) is 96.5 Å².